The standard InChI is InChI=1S/C21H26FN3O5S2/c1-3-24(4-2)31(27,28)19-9-5-7-17(15-19)21(26)23-11-13-25(14-12-23)32(29,30)20-10-6-8-18(22)16-20/h5-10,15-16H,3-4,11-14H2,1-2H3. The molecular formula is C21H26FN3O5S2. The highest BCUT2D eigenvalue weighted by molar-refractivity contribution is 7.89. The average molecular weight is 484 g/mol. The molecule has 11 heteroatoms. The highest BCUT2D eigenvalue weighted by Crippen LogP contribution is 2.21. The molecule has 0 unspecified atom stereocenters. The summed E-state index contributed by atoms with van der Waals surface area (Å²) in [5.41, 5.74) is 0.222. The van der Waals surface area contributed by atoms with Crippen LogP contribution in [-0.2, 0) is 20.0 Å². The molecular weight excluding hydrogens is 457 g/mol. The maximum Gasteiger partial charge on any atom is 0.253 e. The van der Waals surface area contributed by atoms with E-state index in [0.717, 1.165) is 6.07 Å². The molecule has 0 saturated carbocycles. The summed E-state index contributed by atoms with van der Waals surface area (Å²) in [5, 5.41) is 0. The fraction of sp³-hybridized carbons (Fsp3) is 0.381. The summed E-state index contributed by atoms with van der Waals surface area (Å²) in [6.07, 6.45) is 0. The number of halogens is 1. The van der Waals surface area contributed by atoms with E-state index in [9.17, 15) is 26.0 Å². The molecule has 0 atom stereocenters. The molecule has 1 amide bonds. The van der Waals surface area contributed by atoms with Gasteiger partial charge in [0.1, 0.15) is 5.82 Å². The third-order valence-corrected chi connectivity index (χ3v) is 9.32. The molecule has 1 heterocycles. The summed E-state index contributed by atoms with van der Waals surface area (Å²) in [6.45, 7) is 4.52. The van der Waals surface area contributed by atoms with Gasteiger partial charge < -0.3 is 4.90 Å². The lowest BCUT2D eigenvalue weighted by Gasteiger charge is -2.34. The first-order valence-electron chi connectivity index (χ1n) is 10.3. The van der Waals surface area contributed by atoms with E-state index in [1.165, 1.54) is 49.9 Å². The maximum absolute atomic E-state index is 13.5. The van der Waals surface area contributed by atoms with Gasteiger partial charge >= 0.3 is 0 Å². The molecule has 2 aromatic carbocycles. The SMILES string of the molecule is CCN(CC)S(=O)(=O)c1cccc(C(=O)N2CCN(S(=O)(=O)c3cccc(F)c3)CC2)c1. The summed E-state index contributed by atoms with van der Waals surface area (Å²) in [6, 6.07) is 10.7. The van der Waals surface area contributed by atoms with Crippen LogP contribution in [0.4, 0.5) is 4.39 Å². The molecule has 1 aliphatic rings. The molecule has 32 heavy (non-hydrogen) atoms. The van der Waals surface area contributed by atoms with Crippen LogP contribution in [0.5, 0.6) is 0 Å². The Morgan fingerprint density at radius 2 is 1.50 bits per heavy atom. The van der Waals surface area contributed by atoms with Crippen LogP contribution in [0.3, 0.4) is 0 Å². The maximum atomic E-state index is 13.5. The zero-order valence-electron chi connectivity index (χ0n) is 17.9. The van der Waals surface area contributed by atoms with Gasteiger partial charge in [-0.05, 0) is 36.4 Å². The molecule has 1 aliphatic heterocycles. The van der Waals surface area contributed by atoms with E-state index in [-0.39, 0.29) is 47.4 Å². The fourth-order valence-corrected chi connectivity index (χ4v) is 6.55. The quantitative estimate of drug-likeness (QED) is 0.600. The normalized spacial score (nSPS) is 15.8. The Hall–Kier alpha value is -2.34. The lowest BCUT2D eigenvalue weighted by molar-refractivity contribution is 0.0697. The smallest absolute Gasteiger partial charge is 0.253 e. The van der Waals surface area contributed by atoms with E-state index in [1.807, 2.05) is 0 Å². The van der Waals surface area contributed by atoms with Gasteiger partial charge in [0.05, 0.1) is 9.79 Å². The Kier molecular flexibility index (Phi) is 7.33. The number of nitrogens with zero attached hydrogens (tertiary/aromatic N) is 3. The lowest BCUT2D eigenvalue weighted by Crippen LogP contribution is -2.50. The topological polar surface area (TPSA) is 95.1 Å². The summed E-state index contributed by atoms with van der Waals surface area (Å²) in [7, 11) is -7.58. The number of hydrogen-bond acceptors (Lipinski definition) is 5. The number of sulfonamides is 2. The molecule has 3 rings (SSSR count). The van der Waals surface area contributed by atoms with Gasteiger partial charge in [0.2, 0.25) is 20.0 Å². The zero-order chi connectivity index (χ0) is 23.5. The zero-order valence-corrected chi connectivity index (χ0v) is 19.6. The summed E-state index contributed by atoms with van der Waals surface area (Å²) >= 11 is 0. The van der Waals surface area contributed by atoms with Gasteiger partial charge in [0.15, 0.2) is 0 Å². The van der Waals surface area contributed by atoms with Gasteiger partial charge in [-0.15, -0.1) is 0 Å². The summed E-state index contributed by atoms with van der Waals surface area (Å²) < 4.78 is 67.0. The number of rotatable bonds is 7. The highest BCUT2D eigenvalue weighted by Gasteiger charge is 2.31. The average Bonchev–Trinajstić information content (AvgIpc) is 2.79. The second-order valence-electron chi connectivity index (χ2n) is 7.27. The molecule has 8 nitrogen and oxygen atoms in total. The number of amides is 1. The second kappa shape index (κ2) is 9.65. The Balaban J connectivity index is 1.74. The van der Waals surface area contributed by atoms with Gasteiger partial charge in [-0.1, -0.05) is 26.0 Å². The molecule has 0 spiro atoms. The minimum Gasteiger partial charge on any atom is -0.336 e. The van der Waals surface area contributed by atoms with Gasteiger partial charge in [0.25, 0.3) is 5.91 Å². The first-order valence-corrected chi connectivity index (χ1v) is 13.1. The third-order valence-electron chi connectivity index (χ3n) is 5.38. The van der Waals surface area contributed by atoms with Crippen LogP contribution in [0.25, 0.3) is 0 Å². The number of carbonyl (C=O) groups excluding carboxylic acids is 1. The van der Waals surface area contributed by atoms with Gasteiger partial charge in [0, 0.05) is 44.8 Å². The van der Waals surface area contributed by atoms with Gasteiger partial charge in [-0.2, -0.15) is 8.61 Å². The predicted octanol–water partition coefficient (Wildman–Crippen LogP) is 2.00. The van der Waals surface area contributed by atoms with Gasteiger partial charge in [-0.25, -0.2) is 21.2 Å². The van der Waals surface area contributed by atoms with E-state index in [2.05, 4.69) is 0 Å². The van der Waals surface area contributed by atoms with Crippen LogP contribution in [-0.4, -0.2) is 75.5 Å². The van der Waals surface area contributed by atoms with Crippen molar-refractivity contribution in [1.29, 1.82) is 0 Å². The van der Waals surface area contributed by atoms with Crippen molar-refractivity contribution in [1.82, 2.24) is 13.5 Å². The first kappa shape index (κ1) is 24.3. The Morgan fingerprint density at radius 3 is 2.09 bits per heavy atom. The van der Waals surface area contributed by atoms with E-state index >= 15 is 0 Å². The second-order valence-corrected chi connectivity index (χ2v) is 11.1. The molecule has 0 aliphatic carbocycles. The lowest BCUT2D eigenvalue weighted by atomic mass is 10.2. The van der Waals surface area contributed by atoms with Crippen molar-refractivity contribution in [3.63, 3.8) is 0 Å². The molecule has 1 fully saturated rings. The third kappa shape index (κ3) is 4.85. The minimum absolute atomic E-state index is 0.0411. The number of benzene rings is 2. The number of carbonyl (C=O) groups is 1. The van der Waals surface area contributed by atoms with E-state index in [1.54, 1.807) is 19.9 Å². The predicted molar refractivity (Wildman–Crippen MR) is 118 cm³/mol. The van der Waals surface area contributed by atoms with Crippen molar-refractivity contribution in [3.8, 4) is 0 Å². The van der Waals surface area contributed by atoms with Crippen LogP contribution >= 0.6 is 0 Å². The molecule has 174 valence electrons. The summed E-state index contributed by atoms with van der Waals surface area (Å²) in [5.74, 6) is -1.01. The molecule has 0 N–H and O–H groups in total. The first-order chi connectivity index (χ1) is 15.1. The summed E-state index contributed by atoms with van der Waals surface area (Å²) in [4.78, 5) is 14.4. The molecule has 2 aromatic rings. The van der Waals surface area contributed by atoms with E-state index < -0.39 is 25.9 Å². The van der Waals surface area contributed by atoms with Crippen LogP contribution in [0.1, 0.15) is 24.2 Å². The van der Waals surface area contributed by atoms with Crippen LogP contribution in [0, 0.1) is 5.82 Å². The van der Waals surface area contributed by atoms with Gasteiger partial charge in [-0.3, -0.25) is 4.79 Å². The number of piperazine rings is 1. The highest BCUT2D eigenvalue weighted by atomic mass is 32.2. The van der Waals surface area contributed by atoms with E-state index in [0.29, 0.717) is 13.1 Å². The van der Waals surface area contributed by atoms with E-state index in [4.69, 9.17) is 0 Å². The van der Waals surface area contributed by atoms with Crippen molar-refractivity contribution in [2.24, 2.45) is 0 Å². The Bertz CT molecular complexity index is 1190. The molecule has 0 bridgehead atoms. The van der Waals surface area contributed by atoms with Crippen LogP contribution in [0.15, 0.2) is 58.3 Å². The van der Waals surface area contributed by atoms with Crippen molar-refractivity contribution < 1.29 is 26.0 Å². The van der Waals surface area contributed by atoms with Crippen molar-refractivity contribution in [2.45, 2.75) is 23.6 Å². The Labute approximate surface area is 188 Å². The van der Waals surface area contributed by atoms with Crippen molar-refractivity contribution in [3.05, 3.63) is 59.9 Å². The number of hydrogen-bond donors (Lipinski definition) is 0. The molecule has 1 saturated heterocycles. The molecule has 0 radical (unpaired) electrons. The largest absolute Gasteiger partial charge is 0.336 e. The monoisotopic (exact) mass is 483 g/mol. The minimum atomic E-state index is -3.87. The van der Waals surface area contributed by atoms with Crippen LogP contribution in [0.2, 0.25) is 0 Å². The Morgan fingerprint density at radius 1 is 0.906 bits per heavy atom. The van der Waals surface area contributed by atoms with Crippen LogP contribution < -0.4 is 0 Å². The van der Waals surface area contributed by atoms with Crippen molar-refractivity contribution in [2.75, 3.05) is 39.3 Å². The molecule has 0 aromatic heterocycles. The fourth-order valence-electron chi connectivity index (χ4n) is 3.59. The van der Waals surface area contributed by atoms with Crippen molar-refractivity contribution >= 4 is 26.0 Å².